The van der Waals surface area contributed by atoms with E-state index in [2.05, 4.69) is 17.4 Å². The predicted octanol–water partition coefficient (Wildman–Crippen LogP) is 3.64. The molecule has 3 rings (SSSR count). The second kappa shape index (κ2) is 8.56. The summed E-state index contributed by atoms with van der Waals surface area (Å²) < 4.78 is 5.81. The number of carbonyl (C=O) groups excluding carboxylic acids is 1. The van der Waals surface area contributed by atoms with Gasteiger partial charge in [0.15, 0.2) is 0 Å². The summed E-state index contributed by atoms with van der Waals surface area (Å²) in [4.78, 5) is 12.3. The number of amides is 1. The van der Waals surface area contributed by atoms with E-state index in [0.717, 1.165) is 17.7 Å². The summed E-state index contributed by atoms with van der Waals surface area (Å²) in [5, 5.41) is 3.03. The van der Waals surface area contributed by atoms with Gasteiger partial charge >= 0.3 is 0 Å². The number of carbonyl (C=O) groups is 1. The summed E-state index contributed by atoms with van der Waals surface area (Å²) in [5.74, 6) is 1.31. The minimum Gasteiger partial charge on any atom is -0.489 e. The third kappa shape index (κ3) is 5.23. The van der Waals surface area contributed by atoms with Crippen molar-refractivity contribution in [2.75, 3.05) is 6.54 Å². The summed E-state index contributed by atoms with van der Waals surface area (Å²) >= 11 is 0. The molecule has 0 aliphatic heterocycles. The molecule has 0 radical (unpaired) electrons. The topological polar surface area (TPSA) is 64.3 Å². The Labute approximate surface area is 161 Å². The number of halogens is 1. The van der Waals surface area contributed by atoms with Crippen LogP contribution in [0.3, 0.4) is 0 Å². The second-order valence-electron chi connectivity index (χ2n) is 7.37. The van der Waals surface area contributed by atoms with Crippen molar-refractivity contribution in [1.82, 2.24) is 5.32 Å². The zero-order valence-electron chi connectivity index (χ0n) is 15.3. The van der Waals surface area contributed by atoms with E-state index in [4.69, 9.17) is 10.5 Å². The largest absolute Gasteiger partial charge is 0.489 e. The lowest BCUT2D eigenvalue weighted by Crippen LogP contribution is -2.49. The number of nitrogens with two attached hydrogens (primary N) is 1. The van der Waals surface area contributed by atoms with E-state index in [9.17, 15) is 4.79 Å². The first-order valence-corrected chi connectivity index (χ1v) is 8.77. The van der Waals surface area contributed by atoms with Gasteiger partial charge in [-0.2, -0.15) is 0 Å². The van der Waals surface area contributed by atoms with Crippen LogP contribution in [0.2, 0.25) is 0 Å². The summed E-state index contributed by atoms with van der Waals surface area (Å²) in [7, 11) is 0. The van der Waals surface area contributed by atoms with E-state index in [-0.39, 0.29) is 29.8 Å². The van der Waals surface area contributed by atoms with Gasteiger partial charge in [-0.15, -0.1) is 12.4 Å². The van der Waals surface area contributed by atoms with Crippen molar-refractivity contribution in [3.8, 4) is 5.75 Å². The van der Waals surface area contributed by atoms with Crippen molar-refractivity contribution in [2.24, 2.45) is 11.7 Å². The molecule has 1 amide bonds. The van der Waals surface area contributed by atoms with Gasteiger partial charge in [0.2, 0.25) is 5.91 Å². The van der Waals surface area contributed by atoms with Crippen LogP contribution in [-0.4, -0.2) is 18.0 Å². The van der Waals surface area contributed by atoms with Crippen LogP contribution in [0.5, 0.6) is 5.75 Å². The molecular weight excluding hydrogens is 348 g/mol. The van der Waals surface area contributed by atoms with Gasteiger partial charge < -0.3 is 15.8 Å². The highest BCUT2D eigenvalue weighted by Crippen LogP contribution is 2.48. The zero-order valence-corrected chi connectivity index (χ0v) is 16.1. The van der Waals surface area contributed by atoms with Crippen LogP contribution in [0, 0.1) is 5.92 Å². The van der Waals surface area contributed by atoms with Crippen molar-refractivity contribution in [2.45, 2.75) is 38.3 Å². The number of benzene rings is 2. The first kappa shape index (κ1) is 20.3. The smallest absolute Gasteiger partial charge is 0.224 e. The minimum absolute atomic E-state index is 0. The van der Waals surface area contributed by atoms with Crippen LogP contribution >= 0.6 is 12.4 Å². The van der Waals surface area contributed by atoms with Gasteiger partial charge in [0, 0.05) is 18.0 Å². The molecule has 2 aromatic rings. The van der Waals surface area contributed by atoms with Crippen molar-refractivity contribution < 1.29 is 9.53 Å². The molecule has 2 atom stereocenters. The van der Waals surface area contributed by atoms with Crippen molar-refractivity contribution in [1.29, 1.82) is 0 Å². The average Bonchev–Trinajstić information content (AvgIpc) is 3.42. The Hall–Kier alpha value is -2.04. The highest BCUT2D eigenvalue weighted by molar-refractivity contribution is 5.85. The molecule has 3 N–H and O–H groups in total. The lowest BCUT2D eigenvalue weighted by Gasteiger charge is -2.24. The molecule has 4 nitrogen and oxygen atoms in total. The van der Waals surface area contributed by atoms with E-state index in [1.165, 1.54) is 5.56 Å². The molecular formula is C21H27ClN2O2. The number of hydrogen-bond donors (Lipinski definition) is 2. The third-order valence-electron chi connectivity index (χ3n) is 4.66. The fourth-order valence-corrected chi connectivity index (χ4v) is 2.88. The van der Waals surface area contributed by atoms with Gasteiger partial charge in [-0.05, 0) is 49.4 Å². The lowest BCUT2D eigenvalue weighted by molar-refractivity contribution is -0.123. The number of hydrogen-bond acceptors (Lipinski definition) is 3. The molecule has 26 heavy (non-hydrogen) atoms. The maximum atomic E-state index is 12.3. The monoisotopic (exact) mass is 374 g/mol. The van der Waals surface area contributed by atoms with Crippen LogP contribution in [0.4, 0.5) is 0 Å². The molecule has 2 aromatic carbocycles. The summed E-state index contributed by atoms with van der Waals surface area (Å²) in [5.41, 5.74) is 7.67. The molecule has 0 aromatic heterocycles. The van der Waals surface area contributed by atoms with Crippen LogP contribution in [-0.2, 0) is 11.4 Å². The number of ether oxygens (including phenoxy) is 1. The average molecular weight is 375 g/mol. The van der Waals surface area contributed by atoms with Gasteiger partial charge in [-0.1, -0.05) is 42.5 Å². The minimum atomic E-state index is -0.348. The Morgan fingerprint density at radius 2 is 1.81 bits per heavy atom. The fraction of sp³-hybridized carbons (Fsp3) is 0.381. The fourth-order valence-electron chi connectivity index (χ4n) is 2.88. The molecule has 2 unspecified atom stereocenters. The normalized spacial score (nSPS) is 18.6. The summed E-state index contributed by atoms with van der Waals surface area (Å²) in [6, 6.07) is 18.2. The van der Waals surface area contributed by atoms with E-state index >= 15 is 0 Å². The summed E-state index contributed by atoms with van der Waals surface area (Å²) in [6.07, 6.45) is 0.900. The number of rotatable bonds is 7. The highest BCUT2D eigenvalue weighted by atomic mass is 35.5. The SMILES string of the molecule is CC(C)(CN)NC(=O)C1CC1c1ccc(OCc2ccccc2)cc1.Cl. The first-order valence-electron chi connectivity index (χ1n) is 8.77. The quantitative estimate of drug-likeness (QED) is 0.777. The molecule has 1 aliphatic carbocycles. The molecule has 5 heteroatoms. The van der Waals surface area contributed by atoms with Gasteiger partial charge in [0.1, 0.15) is 12.4 Å². The van der Waals surface area contributed by atoms with Crippen molar-refractivity contribution >= 4 is 18.3 Å². The van der Waals surface area contributed by atoms with Gasteiger partial charge in [-0.25, -0.2) is 0 Å². The molecule has 0 heterocycles. The number of nitrogens with one attached hydrogen (secondary N) is 1. The van der Waals surface area contributed by atoms with Crippen LogP contribution < -0.4 is 15.8 Å². The molecule has 0 spiro atoms. The van der Waals surface area contributed by atoms with Crippen molar-refractivity contribution in [3.63, 3.8) is 0 Å². The molecule has 1 aliphatic rings. The molecule has 1 saturated carbocycles. The van der Waals surface area contributed by atoms with Gasteiger partial charge in [0.05, 0.1) is 0 Å². The molecule has 1 fully saturated rings. The molecule has 0 saturated heterocycles. The maximum Gasteiger partial charge on any atom is 0.224 e. The summed E-state index contributed by atoms with van der Waals surface area (Å²) in [6.45, 7) is 4.88. The van der Waals surface area contributed by atoms with Crippen LogP contribution in [0.15, 0.2) is 54.6 Å². The maximum absolute atomic E-state index is 12.3. The Bertz CT molecular complexity index is 717. The Morgan fingerprint density at radius 3 is 2.42 bits per heavy atom. The van der Waals surface area contributed by atoms with E-state index in [0.29, 0.717) is 19.1 Å². The lowest BCUT2D eigenvalue weighted by atomic mass is 10.0. The van der Waals surface area contributed by atoms with E-state index in [1.807, 2.05) is 56.3 Å². The van der Waals surface area contributed by atoms with E-state index in [1.54, 1.807) is 0 Å². The Kier molecular flexibility index (Phi) is 6.68. The van der Waals surface area contributed by atoms with Crippen LogP contribution in [0.25, 0.3) is 0 Å². The van der Waals surface area contributed by atoms with E-state index < -0.39 is 0 Å². The Balaban J connectivity index is 0.00000243. The highest BCUT2D eigenvalue weighted by Gasteiger charge is 2.44. The van der Waals surface area contributed by atoms with Crippen LogP contribution in [0.1, 0.15) is 37.3 Å². The first-order chi connectivity index (χ1) is 12.0. The second-order valence-corrected chi connectivity index (χ2v) is 7.37. The molecule has 0 bridgehead atoms. The van der Waals surface area contributed by atoms with Crippen molar-refractivity contribution in [3.05, 3.63) is 65.7 Å². The van der Waals surface area contributed by atoms with Gasteiger partial charge in [0.25, 0.3) is 0 Å². The standard InChI is InChI=1S/C21H26N2O2.ClH/c1-21(2,14-22)23-20(24)19-12-18(19)16-8-10-17(11-9-16)25-13-15-6-4-3-5-7-15;/h3-11,18-19H,12-14,22H2,1-2H3,(H,23,24);1H. The zero-order chi connectivity index (χ0) is 17.9. The van der Waals surface area contributed by atoms with Gasteiger partial charge in [-0.3, -0.25) is 4.79 Å². The molecule has 140 valence electrons. The third-order valence-corrected chi connectivity index (χ3v) is 4.66. The predicted molar refractivity (Wildman–Crippen MR) is 107 cm³/mol. The Morgan fingerprint density at radius 1 is 1.15 bits per heavy atom.